The summed E-state index contributed by atoms with van der Waals surface area (Å²) in [4.78, 5) is 0. The second kappa shape index (κ2) is 8.79. The van der Waals surface area contributed by atoms with Crippen molar-refractivity contribution in [1.82, 2.24) is 0 Å². The predicted octanol–water partition coefficient (Wildman–Crippen LogP) is 8.49. The van der Waals surface area contributed by atoms with Crippen LogP contribution in [0.1, 0.15) is 37.3 Å². The molecule has 0 saturated carbocycles. The van der Waals surface area contributed by atoms with Crippen LogP contribution >= 0.6 is 0 Å². The fraction of sp³-hybridized carbons (Fsp3) is 0.214. The number of unbranched alkanes of at least 4 members (excludes halogenated alkanes) is 2. The Morgan fingerprint density at radius 3 is 1.97 bits per heavy atom. The average molecular weight is 401 g/mol. The van der Waals surface area contributed by atoms with Crippen molar-refractivity contribution >= 4 is 10.8 Å². The minimum Gasteiger partial charge on any atom is -0.206 e. The molecule has 0 nitrogen and oxygen atoms in total. The van der Waals surface area contributed by atoms with Crippen LogP contribution in [0.3, 0.4) is 0 Å². The van der Waals surface area contributed by atoms with E-state index in [0.29, 0.717) is 11.1 Å². The number of hydrogen-bond donors (Lipinski definition) is 0. The first-order chi connectivity index (χ1) is 14.5. The van der Waals surface area contributed by atoms with Crippen molar-refractivity contribution in [2.75, 3.05) is 0 Å². The molecular weight excluding hydrogens is 374 g/mol. The summed E-state index contributed by atoms with van der Waals surface area (Å²) >= 11 is 0. The van der Waals surface area contributed by atoms with Gasteiger partial charge in [0.2, 0.25) is 0 Å². The van der Waals surface area contributed by atoms with Crippen LogP contribution in [0.2, 0.25) is 0 Å². The van der Waals surface area contributed by atoms with Gasteiger partial charge in [-0.15, -0.1) is 0 Å². The fourth-order valence-corrected chi connectivity index (χ4v) is 3.95. The van der Waals surface area contributed by atoms with Crippen molar-refractivity contribution in [3.05, 3.63) is 95.6 Å². The Labute approximate surface area is 177 Å². The van der Waals surface area contributed by atoms with Crippen LogP contribution in [0, 0.1) is 18.6 Å². The van der Waals surface area contributed by atoms with E-state index in [2.05, 4.69) is 25.1 Å². The second-order valence-corrected chi connectivity index (χ2v) is 8.03. The lowest BCUT2D eigenvalue weighted by atomic mass is 9.96. The summed E-state index contributed by atoms with van der Waals surface area (Å²) in [5.41, 5.74) is 4.33. The minimum atomic E-state index is -0.541. The van der Waals surface area contributed by atoms with Crippen LogP contribution in [0.4, 0.5) is 8.78 Å². The van der Waals surface area contributed by atoms with Gasteiger partial charge in [-0.3, -0.25) is 0 Å². The van der Waals surface area contributed by atoms with Gasteiger partial charge in [0.1, 0.15) is 11.6 Å². The summed E-state index contributed by atoms with van der Waals surface area (Å²) in [5.74, 6) is -1.08. The van der Waals surface area contributed by atoms with Gasteiger partial charge in [0.25, 0.3) is 0 Å². The van der Waals surface area contributed by atoms with Crippen molar-refractivity contribution < 1.29 is 8.78 Å². The molecule has 152 valence electrons. The van der Waals surface area contributed by atoms with Gasteiger partial charge >= 0.3 is 0 Å². The van der Waals surface area contributed by atoms with Crippen molar-refractivity contribution in [3.8, 4) is 22.3 Å². The van der Waals surface area contributed by atoms with Gasteiger partial charge in [-0.25, -0.2) is 8.78 Å². The monoisotopic (exact) mass is 400 g/mol. The fourth-order valence-electron chi connectivity index (χ4n) is 3.95. The van der Waals surface area contributed by atoms with Crippen LogP contribution in [-0.4, -0.2) is 0 Å². The highest BCUT2D eigenvalue weighted by Crippen LogP contribution is 2.32. The predicted molar refractivity (Wildman–Crippen MR) is 123 cm³/mol. The molecule has 2 heteroatoms. The van der Waals surface area contributed by atoms with Crippen molar-refractivity contribution in [2.45, 2.75) is 39.5 Å². The first-order valence-corrected chi connectivity index (χ1v) is 10.6. The van der Waals surface area contributed by atoms with Gasteiger partial charge in [-0.2, -0.15) is 0 Å². The molecule has 0 aromatic heterocycles. The van der Waals surface area contributed by atoms with Gasteiger partial charge in [0.15, 0.2) is 0 Å². The summed E-state index contributed by atoms with van der Waals surface area (Å²) in [7, 11) is 0. The van der Waals surface area contributed by atoms with Crippen LogP contribution in [0.15, 0.2) is 72.8 Å². The third kappa shape index (κ3) is 4.28. The minimum absolute atomic E-state index is 0.0243. The highest BCUT2D eigenvalue weighted by atomic mass is 19.1. The van der Waals surface area contributed by atoms with Crippen LogP contribution in [0.25, 0.3) is 33.0 Å². The Morgan fingerprint density at radius 2 is 1.27 bits per heavy atom. The summed E-state index contributed by atoms with van der Waals surface area (Å²) in [5, 5.41) is 2.24. The van der Waals surface area contributed by atoms with E-state index in [0.717, 1.165) is 28.3 Å². The van der Waals surface area contributed by atoms with Crippen molar-refractivity contribution in [1.29, 1.82) is 0 Å². The molecule has 0 fully saturated rings. The highest BCUT2D eigenvalue weighted by molar-refractivity contribution is 5.88. The lowest BCUT2D eigenvalue weighted by Gasteiger charge is -2.10. The maximum Gasteiger partial charge on any atom is 0.134 e. The van der Waals surface area contributed by atoms with E-state index >= 15 is 0 Å². The number of aryl methyl sites for hydroxylation is 2. The zero-order valence-corrected chi connectivity index (χ0v) is 17.5. The van der Waals surface area contributed by atoms with Gasteiger partial charge in [-0.1, -0.05) is 79.9 Å². The van der Waals surface area contributed by atoms with Crippen LogP contribution < -0.4 is 0 Å². The lowest BCUT2D eigenvalue weighted by Crippen LogP contribution is -1.93. The number of hydrogen-bond acceptors (Lipinski definition) is 0. The summed E-state index contributed by atoms with van der Waals surface area (Å²) < 4.78 is 29.7. The van der Waals surface area contributed by atoms with E-state index in [-0.39, 0.29) is 5.56 Å². The van der Waals surface area contributed by atoms with Crippen molar-refractivity contribution in [2.24, 2.45) is 0 Å². The summed E-state index contributed by atoms with van der Waals surface area (Å²) in [6.45, 7) is 4.16. The van der Waals surface area contributed by atoms with E-state index in [1.807, 2.05) is 37.3 Å². The Kier molecular flexibility index (Phi) is 5.94. The molecule has 0 radical (unpaired) electrons. The van der Waals surface area contributed by atoms with Crippen LogP contribution in [-0.2, 0) is 6.42 Å². The normalized spacial score (nSPS) is 11.2. The number of fused-ring (bicyclic) bond motifs is 1. The molecule has 0 heterocycles. The molecule has 0 spiro atoms. The number of benzene rings is 4. The zero-order chi connectivity index (χ0) is 21.1. The summed E-state index contributed by atoms with van der Waals surface area (Å²) in [6, 6.07) is 22.6. The molecular formula is C28H26F2. The molecule has 4 rings (SSSR count). The molecule has 0 unspecified atom stereocenters. The first kappa shape index (κ1) is 20.3. The maximum atomic E-state index is 14.9. The molecule has 4 aromatic carbocycles. The van der Waals surface area contributed by atoms with Crippen molar-refractivity contribution in [3.63, 3.8) is 0 Å². The Bertz CT molecular complexity index is 1150. The van der Waals surface area contributed by atoms with Crippen LogP contribution in [0.5, 0.6) is 0 Å². The molecule has 4 aromatic rings. The third-order valence-corrected chi connectivity index (χ3v) is 5.69. The molecule has 0 saturated heterocycles. The Morgan fingerprint density at radius 1 is 0.633 bits per heavy atom. The summed E-state index contributed by atoms with van der Waals surface area (Å²) in [6.07, 6.45) is 4.74. The second-order valence-electron chi connectivity index (χ2n) is 8.03. The van der Waals surface area contributed by atoms with Gasteiger partial charge in [0, 0.05) is 0 Å². The Balaban J connectivity index is 1.66. The molecule has 0 aliphatic heterocycles. The molecule has 30 heavy (non-hydrogen) atoms. The molecule has 0 atom stereocenters. The maximum absolute atomic E-state index is 14.9. The average Bonchev–Trinajstić information content (AvgIpc) is 2.74. The molecule has 0 amide bonds. The quantitative estimate of drug-likeness (QED) is 0.285. The molecule has 0 aliphatic carbocycles. The smallest absolute Gasteiger partial charge is 0.134 e. The Hall–Kier alpha value is -3.00. The lowest BCUT2D eigenvalue weighted by molar-refractivity contribution is 0.590. The SMILES string of the molecule is CCCCCc1ccc2cc(-c3cc(F)c(-c4ccc(C)cc4)c(F)c3)ccc2c1. The van der Waals surface area contributed by atoms with E-state index in [1.54, 1.807) is 12.1 Å². The highest BCUT2D eigenvalue weighted by Gasteiger charge is 2.14. The largest absolute Gasteiger partial charge is 0.206 e. The topological polar surface area (TPSA) is 0 Å². The van der Waals surface area contributed by atoms with E-state index < -0.39 is 11.6 Å². The van der Waals surface area contributed by atoms with Gasteiger partial charge in [-0.05, 0) is 71.0 Å². The van der Waals surface area contributed by atoms with Gasteiger partial charge in [0.05, 0.1) is 5.56 Å². The van der Waals surface area contributed by atoms with Gasteiger partial charge < -0.3 is 0 Å². The molecule has 0 bridgehead atoms. The first-order valence-electron chi connectivity index (χ1n) is 10.6. The van der Waals surface area contributed by atoms with E-state index in [9.17, 15) is 8.78 Å². The molecule has 0 N–H and O–H groups in total. The third-order valence-electron chi connectivity index (χ3n) is 5.69. The zero-order valence-electron chi connectivity index (χ0n) is 17.5. The molecule has 0 aliphatic rings. The number of rotatable bonds is 6. The van der Waals surface area contributed by atoms with E-state index in [1.165, 1.54) is 37.0 Å². The standard InChI is InChI=1S/C28H26F2/c1-3-4-5-6-20-9-12-23-16-24(14-13-22(23)15-20)25-17-26(29)28(27(30)18-25)21-10-7-19(2)8-11-21/h7-18H,3-6H2,1-2H3. The number of halogens is 2. The van der Waals surface area contributed by atoms with E-state index in [4.69, 9.17) is 0 Å².